The third kappa shape index (κ3) is 6.22. The van der Waals surface area contributed by atoms with Crippen molar-refractivity contribution in [2.75, 3.05) is 19.0 Å². The predicted octanol–water partition coefficient (Wildman–Crippen LogP) is 0.0909. The van der Waals surface area contributed by atoms with Crippen LogP contribution in [-0.2, 0) is 47.6 Å². The summed E-state index contributed by atoms with van der Waals surface area (Å²) in [7, 11) is 1.11. The Balaban J connectivity index is 3.30. The number of hydrogen-bond acceptors (Lipinski definition) is 10. The first kappa shape index (κ1) is 22.3. The van der Waals surface area contributed by atoms with Crippen LogP contribution in [-0.4, -0.2) is 73.6 Å². The zero-order valence-electron chi connectivity index (χ0n) is 14.8. The normalized spacial score (nSPS) is 28.0. The summed E-state index contributed by atoms with van der Waals surface area (Å²) in [6.07, 6.45) is -6.69. The van der Waals surface area contributed by atoms with E-state index in [9.17, 15) is 19.2 Å². The van der Waals surface area contributed by atoms with Gasteiger partial charge in [0, 0.05) is 26.1 Å². The Hall–Kier alpha value is -1.72. The molecule has 0 bridgehead atoms. The Morgan fingerprint density at radius 2 is 1.38 bits per heavy atom. The molecule has 1 rings (SSSR count). The van der Waals surface area contributed by atoms with Crippen molar-refractivity contribution in [2.24, 2.45) is 0 Å². The van der Waals surface area contributed by atoms with Crippen LogP contribution in [0.1, 0.15) is 20.8 Å². The van der Waals surface area contributed by atoms with Gasteiger partial charge >= 0.3 is 23.9 Å². The van der Waals surface area contributed by atoms with Crippen LogP contribution < -0.4 is 0 Å². The molecule has 1 heterocycles. The van der Waals surface area contributed by atoms with E-state index in [-0.39, 0.29) is 6.61 Å². The average molecular weight is 441 g/mol. The van der Waals surface area contributed by atoms with Crippen LogP contribution in [0.25, 0.3) is 0 Å². The summed E-state index contributed by atoms with van der Waals surface area (Å²) >= 11 is 3.17. The van der Waals surface area contributed by atoms with Crippen LogP contribution in [0.15, 0.2) is 0 Å². The third-order valence-corrected chi connectivity index (χ3v) is 3.52. The van der Waals surface area contributed by atoms with Gasteiger partial charge < -0.3 is 28.4 Å². The number of ether oxygens (including phenoxy) is 6. The van der Waals surface area contributed by atoms with Crippen molar-refractivity contribution < 1.29 is 47.6 Å². The molecule has 0 aromatic carbocycles. The first-order chi connectivity index (χ1) is 12.2. The number of halogens is 1. The average Bonchev–Trinajstić information content (AvgIpc) is 2.55. The second kappa shape index (κ2) is 10.4. The zero-order valence-corrected chi connectivity index (χ0v) is 16.3. The van der Waals surface area contributed by atoms with Gasteiger partial charge in [0.25, 0.3) is 0 Å². The summed E-state index contributed by atoms with van der Waals surface area (Å²) < 4.78 is 31.1. The topological polar surface area (TPSA) is 124 Å². The van der Waals surface area contributed by atoms with E-state index in [1.165, 1.54) is 0 Å². The van der Waals surface area contributed by atoms with Gasteiger partial charge in [-0.15, -0.1) is 0 Å². The Bertz CT molecular complexity index is 537. The molecular weight excluding hydrogens is 420 g/mol. The highest BCUT2D eigenvalue weighted by Gasteiger charge is 2.55. The second-order valence-corrected chi connectivity index (χ2v) is 6.02. The first-order valence-electron chi connectivity index (χ1n) is 7.63. The highest BCUT2D eigenvalue weighted by molar-refractivity contribution is 9.09. The van der Waals surface area contributed by atoms with Crippen molar-refractivity contribution >= 4 is 39.8 Å². The molecule has 0 aromatic heterocycles. The molecule has 1 fully saturated rings. The van der Waals surface area contributed by atoms with Crippen molar-refractivity contribution in [1.82, 2.24) is 0 Å². The Labute approximate surface area is 158 Å². The molecule has 148 valence electrons. The van der Waals surface area contributed by atoms with E-state index in [0.29, 0.717) is 5.33 Å². The largest absolute Gasteiger partial charge is 0.467 e. The Morgan fingerprint density at radius 3 is 1.85 bits per heavy atom. The van der Waals surface area contributed by atoms with Crippen LogP contribution in [0.4, 0.5) is 0 Å². The fraction of sp³-hybridized carbons (Fsp3) is 0.733. The van der Waals surface area contributed by atoms with Crippen molar-refractivity contribution in [2.45, 2.75) is 51.5 Å². The molecule has 1 aliphatic heterocycles. The lowest BCUT2D eigenvalue weighted by molar-refractivity contribution is -0.300. The monoisotopic (exact) mass is 440 g/mol. The summed E-state index contributed by atoms with van der Waals surface area (Å²) in [5.74, 6) is -3.08. The lowest BCUT2D eigenvalue weighted by Gasteiger charge is -2.43. The van der Waals surface area contributed by atoms with Gasteiger partial charge in [0.15, 0.2) is 30.7 Å². The number of carbonyl (C=O) groups is 4. The lowest BCUT2D eigenvalue weighted by Crippen LogP contribution is -2.63. The number of esters is 4. The molecule has 0 saturated carbocycles. The van der Waals surface area contributed by atoms with Gasteiger partial charge in [-0.1, -0.05) is 15.9 Å². The third-order valence-electron chi connectivity index (χ3n) is 3.19. The molecule has 11 heteroatoms. The van der Waals surface area contributed by atoms with Crippen molar-refractivity contribution in [3.05, 3.63) is 0 Å². The van der Waals surface area contributed by atoms with Gasteiger partial charge in [0.2, 0.25) is 0 Å². The SMILES string of the molecule is COC(=O)[C@H]1OC(OCCBr)[C@H](OC(C)=O)[C@@H](OC(C)=O)[C@@H]1OC(C)=O. The van der Waals surface area contributed by atoms with Crippen molar-refractivity contribution in [1.29, 1.82) is 0 Å². The molecule has 0 amide bonds. The molecular formula is C15H21BrO10. The Morgan fingerprint density at radius 1 is 0.885 bits per heavy atom. The van der Waals surface area contributed by atoms with Gasteiger partial charge in [-0.3, -0.25) is 14.4 Å². The summed E-state index contributed by atoms with van der Waals surface area (Å²) in [6, 6.07) is 0. The minimum atomic E-state index is -1.44. The highest BCUT2D eigenvalue weighted by atomic mass is 79.9. The lowest BCUT2D eigenvalue weighted by atomic mass is 9.97. The van der Waals surface area contributed by atoms with Crippen LogP contribution >= 0.6 is 15.9 Å². The minimum absolute atomic E-state index is 0.140. The maximum Gasteiger partial charge on any atom is 0.339 e. The number of carbonyl (C=O) groups excluding carboxylic acids is 4. The van der Waals surface area contributed by atoms with E-state index in [0.717, 1.165) is 27.9 Å². The number of rotatable bonds is 7. The quantitative estimate of drug-likeness (QED) is 0.305. The maximum absolute atomic E-state index is 12.1. The standard InChI is InChI=1S/C15H21BrO10/c1-7(17)23-10-11(24-8(2)18)13(25-9(3)19)15(22-6-5-16)26-12(10)14(20)21-4/h10-13,15H,5-6H2,1-4H3/t10-,11-,12-,13+,15?/m0/s1. The van der Waals surface area contributed by atoms with Crippen LogP contribution in [0, 0.1) is 0 Å². The molecule has 0 spiro atoms. The highest BCUT2D eigenvalue weighted by Crippen LogP contribution is 2.30. The van der Waals surface area contributed by atoms with E-state index in [4.69, 9.17) is 23.7 Å². The minimum Gasteiger partial charge on any atom is -0.467 e. The first-order valence-corrected chi connectivity index (χ1v) is 8.75. The van der Waals surface area contributed by atoms with E-state index in [1.54, 1.807) is 0 Å². The predicted molar refractivity (Wildman–Crippen MR) is 87.1 cm³/mol. The summed E-state index contributed by atoms with van der Waals surface area (Å²) in [5.41, 5.74) is 0. The number of methoxy groups -OCH3 is 1. The van der Waals surface area contributed by atoms with E-state index >= 15 is 0 Å². The second-order valence-electron chi connectivity index (χ2n) is 5.23. The Kier molecular flexibility index (Phi) is 8.96. The molecule has 1 aliphatic rings. The molecule has 26 heavy (non-hydrogen) atoms. The van der Waals surface area contributed by atoms with E-state index < -0.39 is 54.6 Å². The molecule has 0 N–H and O–H groups in total. The van der Waals surface area contributed by atoms with Gasteiger partial charge in [-0.05, 0) is 0 Å². The zero-order chi connectivity index (χ0) is 19.9. The van der Waals surface area contributed by atoms with Crippen molar-refractivity contribution in [3.63, 3.8) is 0 Å². The van der Waals surface area contributed by atoms with Gasteiger partial charge in [0.1, 0.15) is 0 Å². The van der Waals surface area contributed by atoms with Crippen LogP contribution in [0.3, 0.4) is 0 Å². The van der Waals surface area contributed by atoms with Crippen molar-refractivity contribution in [3.8, 4) is 0 Å². The van der Waals surface area contributed by atoms with E-state index in [2.05, 4.69) is 20.7 Å². The summed E-state index contributed by atoms with van der Waals surface area (Å²) in [4.78, 5) is 46.6. The van der Waals surface area contributed by atoms with E-state index in [1.807, 2.05) is 0 Å². The van der Waals surface area contributed by atoms with Gasteiger partial charge in [-0.25, -0.2) is 4.79 Å². The maximum atomic E-state index is 12.1. The molecule has 0 aromatic rings. The molecule has 0 aliphatic carbocycles. The summed E-state index contributed by atoms with van der Waals surface area (Å²) in [6.45, 7) is 3.50. The smallest absolute Gasteiger partial charge is 0.339 e. The molecule has 10 nitrogen and oxygen atoms in total. The van der Waals surface area contributed by atoms with Gasteiger partial charge in [0.05, 0.1) is 13.7 Å². The summed E-state index contributed by atoms with van der Waals surface area (Å²) in [5, 5.41) is 0.425. The molecule has 1 unspecified atom stereocenters. The van der Waals surface area contributed by atoms with Crippen LogP contribution in [0.5, 0.6) is 0 Å². The molecule has 5 atom stereocenters. The molecule has 1 saturated heterocycles. The molecule has 0 radical (unpaired) electrons. The number of alkyl halides is 1. The van der Waals surface area contributed by atoms with Gasteiger partial charge in [-0.2, -0.15) is 0 Å². The fourth-order valence-corrected chi connectivity index (χ4v) is 2.56. The fourth-order valence-electron chi connectivity index (χ4n) is 2.37. The van der Waals surface area contributed by atoms with Crippen LogP contribution in [0.2, 0.25) is 0 Å². The number of hydrogen-bond donors (Lipinski definition) is 0.